The summed E-state index contributed by atoms with van der Waals surface area (Å²) >= 11 is 0. The number of nitrogens with zero attached hydrogens (tertiary/aromatic N) is 5. The van der Waals surface area contributed by atoms with Crippen molar-refractivity contribution >= 4 is 5.95 Å². The Kier molecular flexibility index (Phi) is 5.03. The molecule has 0 unspecified atom stereocenters. The Morgan fingerprint density at radius 3 is 2.60 bits per heavy atom. The zero-order valence-electron chi connectivity index (χ0n) is 9.77. The van der Waals surface area contributed by atoms with Gasteiger partial charge in [-0.25, -0.2) is 4.68 Å². The van der Waals surface area contributed by atoms with Gasteiger partial charge in [0.1, 0.15) is 0 Å². The molecule has 0 bridgehead atoms. The Morgan fingerprint density at radius 2 is 2.07 bits per heavy atom. The van der Waals surface area contributed by atoms with Gasteiger partial charge in [-0.3, -0.25) is 0 Å². The summed E-state index contributed by atoms with van der Waals surface area (Å²) in [4.78, 5) is 2.40. The van der Waals surface area contributed by atoms with Gasteiger partial charge in [-0.15, -0.1) is 0 Å². The van der Waals surface area contributed by atoms with Crippen LogP contribution in [0.3, 0.4) is 0 Å². The average Bonchev–Trinajstić information content (AvgIpc) is 2.65. The third kappa shape index (κ3) is 3.83. The Bertz CT molecular complexity index is 267. The molecule has 0 saturated heterocycles. The van der Waals surface area contributed by atoms with E-state index >= 15 is 0 Å². The lowest BCUT2D eigenvalue weighted by Crippen LogP contribution is -2.25. The molecule has 6 nitrogen and oxygen atoms in total. The van der Waals surface area contributed by atoms with Crippen molar-refractivity contribution < 1.29 is 0 Å². The second-order valence-electron chi connectivity index (χ2n) is 3.43. The first kappa shape index (κ1) is 11.9. The van der Waals surface area contributed by atoms with Crippen LogP contribution >= 0.6 is 0 Å². The molecule has 1 aromatic rings. The molecule has 1 aromatic heterocycles. The Balaban J connectivity index is 2.14. The van der Waals surface area contributed by atoms with Gasteiger partial charge in [0.2, 0.25) is 5.95 Å². The van der Waals surface area contributed by atoms with Crippen molar-refractivity contribution in [2.75, 3.05) is 31.5 Å². The number of aromatic nitrogens is 4. The molecule has 86 valence electrons. The zero-order chi connectivity index (χ0) is 11.1. The van der Waals surface area contributed by atoms with Gasteiger partial charge in [0.15, 0.2) is 0 Å². The largest absolute Gasteiger partial charge is 0.353 e. The zero-order valence-corrected chi connectivity index (χ0v) is 9.77. The molecule has 1 heterocycles. The Labute approximate surface area is 90.6 Å². The van der Waals surface area contributed by atoms with Crippen molar-refractivity contribution in [1.29, 1.82) is 0 Å². The lowest BCUT2D eigenvalue weighted by atomic mass is 10.3. The number of nitrogens with one attached hydrogen (secondary N) is 1. The second kappa shape index (κ2) is 6.34. The molecule has 0 spiro atoms. The molecule has 0 radical (unpaired) electrons. The fourth-order valence-corrected chi connectivity index (χ4v) is 1.42. The summed E-state index contributed by atoms with van der Waals surface area (Å²) in [6.07, 6.45) is 1.11. The van der Waals surface area contributed by atoms with Gasteiger partial charge in [0.05, 0.1) is 0 Å². The highest BCUT2D eigenvalue weighted by Crippen LogP contribution is 1.96. The van der Waals surface area contributed by atoms with Gasteiger partial charge in [-0.1, -0.05) is 18.9 Å². The van der Waals surface area contributed by atoms with Crippen LogP contribution in [0, 0.1) is 0 Å². The van der Waals surface area contributed by atoms with Crippen LogP contribution in [-0.4, -0.2) is 51.3 Å². The molecule has 0 aliphatic heterocycles. The van der Waals surface area contributed by atoms with E-state index in [1.807, 2.05) is 7.05 Å². The predicted octanol–water partition coefficient (Wildman–Crippen LogP) is 0.354. The Morgan fingerprint density at radius 1 is 1.33 bits per heavy atom. The smallest absolute Gasteiger partial charge is 0.242 e. The van der Waals surface area contributed by atoms with Crippen LogP contribution in [0.1, 0.15) is 20.3 Å². The van der Waals surface area contributed by atoms with E-state index < -0.39 is 0 Å². The third-order valence-corrected chi connectivity index (χ3v) is 2.45. The number of anilines is 1. The van der Waals surface area contributed by atoms with Crippen LogP contribution in [0.4, 0.5) is 5.95 Å². The van der Waals surface area contributed by atoms with E-state index in [2.05, 4.69) is 39.6 Å². The van der Waals surface area contributed by atoms with Crippen LogP contribution < -0.4 is 5.32 Å². The van der Waals surface area contributed by atoms with E-state index in [4.69, 9.17) is 0 Å². The van der Waals surface area contributed by atoms with Crippen molar-refractivity contribution in [1.82, 2.24) is 25.1 Å². The van der Waals surface area contributed by atoms with Crippen molar-refractivity contribution in [3.05, 3.63) is 0 Å². The maximum atomic E-state index is 3.85. The molecule has 15 heavy (non-hydrogen) atoms. The first-order chi connectivity index (χ1) is 7.27. The lowest BCUT2D eigenvalue weighted by Gasteiger charge is -2.17. The van der Waals surface area contributed by atoms with Crippen molar-refractivity contribution in [3.8, 4) is 0 Å². The summed E-state index contributed by atoms with van der Waals surface area (Å²) in [5, 5.41) is 14.3. The molecule has 6 heteroatoms. The van der Waals surface area contributed by atoms with Crippen LogP contribution in [0.15, 0.2) is 0 Å². The molecule has 0 amide bonds. The summed E-state index contributed by atoms with van der Waals surface area (Å²) in [6.45, 7) is 8.62. The maximum absolute atomic E-state index is 3.85. The van der Waals surface area contributed by atoms with E-state index in [1.165, 1.54) is 0 Å². The minimum absolute atomic E-state index is 0.731. The fourth-order valence-electron chi connectivity index (χ4n) is 1.42. The average molecular weight is 212 g/mol. The van der Waals surface area contributed by atoms with E-state index in [0.29, 0.717) is 0 Å². The van der Waals surface area contributed by atoms with Crippen LogP contribution in [0.5, 0.6) is 0 Å². The summed E-state index contributed by atoms with van der Waals surface area (Å²) in [5.41, 5.74) is 0. The van der Waals surface area contributed by atoms with Crippen molar-refractivity contribution in [3.63, 3.8) is 0 Å². The molecule has 0 fully saturated rings. The van der Waals surface area contributed by atoms with Gasteiger partial charge in [0.25, 0.3) is 0 Å². The maximum Gasteiger partial charge on any atom is 0.242 e. The lowest BCUT2D eigenvalue weighted by molar-refractivity contribution is 0.303. The van der Waals surface area contributed by atoms with E-state index in [1.54, 1.807) is 4.68 Å². The number of rotatable bonds is 7. The molecule has 0 saturated carbocycles. The van der Waals surface area contributed by atoms with Crippen LogP contribution in [0.25, 0.3) is 0 Å². The Hall–Kier alpha value is -1.17. The molecule has 0 aliphatic carbocycles. The highest BCUT2D eigenvalue weighted by atomic mass is 15.6. The standard InChI is InChI=1S/C9H20N6/c1-4-15(5-2)8-6-7-10-9-11-12-13-14(9)3/h4-8H2,1-3H3,(H,10,11,13). The van der Waals surface area contributed by atoms with E-state index in [9.17, 15) is 0 Å². The van der Waals surface area contributed by atoms with E-state index in [0.717, 1.165) is 38.5 Å². The van der Waals surface area contributed by atoms with Gasteiger partial charge >= 0.3 is 0 Å². The first-order valence-electron chi connectivity index (χ1n) is 5.46. The fraction of sp³-hybridized carbons (Fsp3) is 0.889. The minimum atomic E-state index is 0.731. The SMILES string of the molecule is CCN(CC)CCCNc1nnnn1C. The van der Waals surface area contributed by atoms with Crippen LogP contribution in [-0.2, 0) is 7.05 Å². The topological polar surface area (TPSA) is 58.9 Å². The third-order valence-electron chi connectivity index (χ3n) is 2.45. The number of hydrogen-bond donors (Lipinski definition) is 1. The molecule has 0 atom stereocenters. The molecular weight excluding hydrogens is 192 g/mol. The summed E-state index contributed by atoms with van der Waals surface area (Å²) in [6, 6.07) is 0. The molecule has 1 N–H and O–H groups in total. The van der Waals surface area contributed by atoms with Crippen molar-refractivity contribution in [2.24, 2.45) is 7.05 Å². The van der Waals surface area contributed by atoms with Gasteiger partial charge in [-0.05, 0) is 36.5 Å². The highest BCUT2D eigenvalue weighted by Gasteiger charge is 2.01. The molecule has 0 aromatic carbocycles. The normalized spacial score (nSPS) is 10.9. The van der Waals surface area contributed by atoms with Gasteiger partial charge < -0.3 is 10.2 Å². The van der Waals surface area contributed by atoms with Crippen LogP contribution in [0.2, 0.25) is 0 Å². The predicted molar refractivity (Wildman–Crippen MR) is 59.7 cm³/mol. The monoisotopic (exact) mass is 212 g/mol. The summed E-state index contributed by atoms with van der Waals surface area (Å²) in [5.74, 6) is 0.731. The van der Waals surface area contributed by atoms with Gasteiger partial charge in [0, 0.05) is 13.6 Å². The molecular formula is C9H20N6. The van der Waals surface area contributed by atoms with Crippen molar-refractivity contribution in [2.45, 2.75) is 20.3 Å². The van der Waals surface area contributed by atoms with E-state index in [-0.39, 0.29) is 0 Å². The summed E-state index contributed by atoms with van der Waals surface area (Å²) < 4.78 is 1.64. The highest BCUT2D eigenvalue weighted by molar-refractivity contribution is 5.20. The minimum Gasteiger partial charge on any atom is -0.353 e. The first-order valence-corrected chi connectivity index (χ1v) is 5.46. The second-order valence-corrected chi connectivity index (χ2v) is 3.43. The summed E-state index contributed by atoms with van der Waals surface area (Å²) in [7, 11) is 1.83. The molecule has 1 rings (SSSR count). The number of hydrogen-bond acceptors (Lipinski definition) is 5. The quantitative estimate of drug-likeness (QED) is 0.661. The number of aryl methyl sites for hydroxylation is 1. The van der Waals surface area contributed by atoms with Gasteiger partial charge in [-0.2, -0.15) is 0 Å². The molecule has 0 aliphatic rings. The number of tetrazole rings is 1.